The zero-order valence-corrected chi connectivity index (χ0v) is 12.6. The van der Waals surface area contributed by atoms with Crippen molar-refractivity contribution in [3.8, 4) is 0 Å². The van der Waals surface area contributed by atoms with E-state index in [0.29, 0.717) is 11.0 Å². The molecule has 0 saturated carbocycles. The van der Waals surface area contributed by atoms with Crippen LogP contribution in [0, 0.1) is 0 Å². The van der Waals surface area contributed by atoms with E-state index >= 15 is 0 Å². The first kappa shape index (κ1) is 15.1. The van der Waals surface area contributed by atoms with Gasteiger partial charge in [0.05, 0.1) is 11.4 Å². The van der Waals surface area contributed by atoms with Crippen LogP contribution in [0.1, 0.15) is 6.92 Å². The van der Waals surface area contributed by atoms with E-state index < -0.39 is 10.0 Å². The Bertz CT molecular complexity index is 531. The zero-order chi connectivity index (χ0) is 13.8. The maximum absolute atomic E-state index is 12.1. The Kier molecular flexibility index (Phi) is 5.30. The van der Waals surface area contributed by atoms with Gasteiger partial charge in [-0.15, -0.1) is 0 Å². The number of halogens is 1. The van der Waals surface area contributed by atoms with Crippen LogP contribution in [0.4, 0.5) is 0 Å². The molecule has 1 aromatic rings. The van der Waals surface area contributed by atoms with Crippen LogP contribution in [-0.2, 0) is 14.8 Å². The molecule has 0 aliphatic rings. The number of hydrogen-bond donors (Lipinski definition) is 1. The molecule has 0 atom stereocenters. The average Bonchev–Trinajstić information content (AvgIpc) is 2.29. The van der Waals surface area contributed by atoms with Crippen molar-refractivity contribution in [3.63, 3.8) is 0 Å². The summed E-state index contributed by atoms with van der Waals surface area (Å²) in [6.45, 7) is 2.06. The molecule has 7 heteroatoms. The first-order chi connectivity index (χ1) is 8.37. The first-order valence-electron chi connectivity index (χ1n) is 5.36. The van der Waals surface area contributed by atoms with Gasteiger partial charge in [0.2, 0.25) is 15.9 Å². The van der Waals surface area contributed by atoms with Gasteiger partial charge in [0.25, 0.3) is 0 Å². The van der Waals surface area contributed by atoms with Crippen molar-refractivity contribution in [1.82, 2.24) is 9.62 Å². The molecular weight excluding hydrogens is 320 g/mol. The van der Waals surface area contributed by atoms with Crippen molar-refractivity contribution >= 4 is 31.9 Å². The van der Waals surface area contributed by atoms with Crippen LogP contribution < -0.4 is 5.32 Å². The molecular formula is C11H15BrN2O3S. The number of amides is 1. The van der Waals surface area contributed by atoms with Gasteiger partial charge in [-0.25, -0.2) is 8.42 Å². The summed E-state index contributed by atoms with van der Waals surface area (Å²) in [4.78, 5) is 11.5. The fourth-order valence-corrected chi connectivity index (χ4v) is 3.07. The SMILES string of the molecule is CCNC(=O)CN(C)S(=O)(=O)c1cccc(Br)c1. The third kappa shape index (κ3) is 3.79. The molecule has 1 N–H and O–H groups in total. The highest BCUT2D eigenvalue weighted by atomic mass is 79.9. The van der Waals surface area contributed by atoms with Crippen LogP contribution in [0.2, 0.25) is 0 Å². The van der Waals surface area contributed by atoms with E-state index in [0.717, 1.165) is 4.31 Å². The van der Waals surface area contributed by atoms with Crippen molar-refractivity contribution in [2.24, 2.45) is 0 Å². The highest BCUT2D eigenvalue weighted by Crippen LogP contribution is 2.18. The molecule has 18 heavy (non-hydrogen) atoms. The minimum atomic E-state index is -3.63. The summed E-state index contributed by atoms with van der Waals surface area (Å²) in [5, 5.41) is 2.56. The molecule has 0 aliphatic heterocycles. The minimum Gasteiger partial charge on any atom is -0.355 e. The molecule has 0 heterocycles. The van der Waals surface area contributed by atoms with Crippen molar-refractivity contribution in [3.05, 3.63) is 28.7 Å². The highest BCUT2D eigenvalue weighted by Gasteiger charge is 2.22. The number of nitrogens with one attached hydrogen (secondary N) is 1. The summed E-state index contributed by atoms with van der Waals surface area (Å²) in [5.41, 5.74) is 0. The fraction of sp³-hybridized carbons (Fsp3) is 0.364. The predicted octanol–water partition coefficient (Wildman–Crippen LogP) is 1.21. The molecule has 0 unspecified atom stereocenters. The van der Waals surface area contributed by atoms with Crippen molar-refractivity contribution in [2.45, 2.75) is 11.8 Å². The standard InChI is InChI=1S/C11H15BrN2O3S/c1-3-13-11(15)8-14(2)18(16,17)10-6-4-5-9(12)7-10/h4-7H,3,8H2,1-2H3,(H,13,15). The molecule has 0 radical (unpaired) electrons. The summed E-state index contributed by atoms with van der Waals surface area (Å²) < 4.78 is 26.0. The summed E-state index contributed by atoms with van der Waals surface area (Å²) in [7, 11) is -2.25. The molecule has 0 bridgehead atoms. The van der Waals surface area contributed by atoms with Gasteiger partial charge in [0.1, 0.15) is 0 Å². The number of carbonyl (C=O) groups is 1. The van der Waals surface area contributed by atoms with E-state index in [-0.39, 0.29) is 17.3 Å². The zero-order valence-electron chi connectivity index (χ0n) is 10.2. The molecule has 100 valence electrons. The van der Waals surface area contributed by atoms with Gasteiger partial charge in [0.15, 0.2) is 0 Å². The van der Waals surface area contributed by atoms with E-state index in [1.807, 2.05) is 0 Å². The number of sulfonamides is 1. The van der Waals surface area contributed by atoms with E-state index in [1.54, 1.807) is 19.1 Å². The third-order valence-electron chi connectivity index (χ3n) is 2.24. The Balaban J connectivity index is 2.90. The summed E-state index contributed by atoms with van der Waals surface area (Å²) in [6.07, 6.45) is 0. The highest BCUT2D eigenvalue weighted by molar-refractivity contribution is 9.10. The quantitative estimate of drug-likeness (QED) is 0.879. The smallest absolute Gasteiger partial charge is 0.243 e. The Labute approximate surface area is 115 Å². The molecule has 5 nitrogen and oxygen atoms in total. The van der Waals surface area contributed by atoms with Gasteiger partial charge in [-0.3, -0.25) is 4.79 Å². The molecule has 1 amide bonds. The van der Waals surface area contributed by atoms with Gasteiger partial charge in [-0.2, -0.15) is 4.31 Å². The van der Waals surface area contributed by atoms with Gasteiger partial charge in [0, 0.05) is 18.1 Å². The Morgan fingerprint density at radius 3 is 2.67 bits per heavy atom. The lowest BCUT2D eigenvalue weighted by Gasteiger charge is -2.16. The lowest BCUT2D eigenvalue weighted by Crippen LogP contribution is -2.38. The largest absolute Gasteiger partial charge is 0.355 e. The second kappa shape index (κ2) is 6.31. The van der Waals surface area contributed by atoms with E-state index in [2.05, 4.69) is 21.2 Å². The van der Waals surface area contributed by atoms with E-state index in [1.165, 1.54) is 19.2 Å². The number of rotatable bonds is 5. The monoisotopic (exact) mass is 334 g/mol. The second-order valence-electron chi connectivity index (χ2n) is 3.67. The second-order valence-corrected chi connectivity index (χ2v) is 6.63. The number of carbonyl (C=O) groups excluding carboxylic acids is 1. The molecule has 0 saturated heterocycles. The molecule has 1 aromatic carbocycles. The van der Waals surface area contributed by atoms with Gasteiger partial charge < -0.3 is 5.32 Å². The summed E-state index contributed by atoms with van der Waals surface area (Å²) >= 11 is 3.22. The van der Waals surface area contributed by atoms with Crippen LogP contribution in [0.25, 0.3) is 0 Å². The van der Waals surface area contributed by atoms with Gasteiger partial charge >= 0.3 is 0 Å². The summed E-state index contributed by atoms with van der Waals surface area (Å²) in [5.74, 6) is -0.321. The lowest BCUT2D eigenvalue weighted by atomic mass is 10.4. The Morgan fingerprint density at radius 2 is 2.11 bits per heavy atom. The molecule has 0 aromatic heterocycles. The minimum absolute atomic E-state index is 0.156. The Hall–Kier alpha value is -0.920. The number of benzene rings is 1. The normalized spacial score (nSPS) is 11.6. The molecule has 0 aliphatic carbocycles. The average molecular weight is 335 g/mol. The fourth-order valence-electron chi connectivity index (χ4n) is 1.35. The van der Waals surface area contributed by atoms with Crippen molar-refractivity contribution < 1.29 is 13.2 Å². The van der Waals surface area contributed by atoms with Crippen LogP contribution >= 0.6 is 15.9 Å². The van der Waals surface area contributed by atoms with Crippen LogP contribution in [0.5, 0.6) is 0 Å². The molecule has 0 fully saturated rings. The van der Waals surface area contributed by atoms with Crippen molar-refractivity contribution in [2.75, 3.05) is 20.1 Å². The van der Waals surface area contributed by atoms with Gasteiger partial charge in [-0.1, -0.05) is 22.0 Å². The van der Waals surface area contributed by atoms with Crippen molar-refractivity contribution in [1.29, 1.82) is 0 Å². The molecule has 0 spiro atoms. The number of hydrogen-bond acceptors (Lipinski definition) is 3. The maximum Gasteiger partial charge on any atom is 0.243 e. The van der Waals surface area contributed by atoms with Crippen LogP contribution in [0.15, 0.2) is 33.6 Å². The van der Waals surface area contributed by atoms with Gasteiger partial charge in [-0.05, 0) is 25.1 Å². The Morgan fingerprint density at radius 1 is 1.44 bits per heavy atom. The topological polar surface area (TPSA) is 66.5 Å². The molecule has 1 rings (SSSR count). The number of likely N-dealkylation sites (N-methyl/N-ethyl adjacent to an activating group) is 2. The number of nitrogens with zero attached hydrogens (tertiary/aromatic N) is 1. The summed E-state index contributed by atoms with van der Waals surface area (Å²) in [6, 6.07) is 6.37. The lowest BCUT2D eigenvalue weighted by molar-refractivity contribution is -0.121. The van der Waals surface area contributed by atoms with E-state index in [4.69, 9.17) is 0 Å². The third-order valence-corrected chi connectivity index (χ3v) is 4.54. The predicted molar refractivity (Wildman–Crippen MR) is 72.6 cm³/mol. The maximum atomic E-state index is 12.1. The van der Waals surface area contributed by atoms with Crippen LogP contribution in [-0.4, -0.2) is 38.8 Å². The van der Waals surface area contributed by atoms with Crippen LogP contribution in [0.3, 0.4) is 0 Å². The van der Waals surface area contributed by atoms with E-state index in [9.17, 15) is 13.2 Å². The first-order valence-corrected chi connectivity index (χ1v) is 7.60.